The van der Waals surface area contributed by atoms with E-state index in [9.17, 15) is 9.00 Å². The Hall–Kier alpha value is -3.25. The Bertz CT molecular complexity index is 1340. The first-order valence-corrected chi connectivity index (χ1v) is 10.8. The van der Waals surface area contributed by atoms with Crippen LogP contribution in [0.25, 0.3) is 22.3 Å². The number of aromatic amines is 1. The third-order valence-corrected chi connectivity index (χ3v) is 6.44. The van der Waals surface area contributed by atoms with Crippen molar-refractivity contribution in [2.45, 2.75) is 32.6 Å². The van der Waals surface area contributed by atoms with Crippen molar-refractivity contribution >= 4 is 27.7 Å². The van der Waals surface area contributed by atoms with Crippen LogP contribution in [0.15, 0.2) is 64.3 Å². The van der Waals surface area contributed by atoms with E-state index in [-0.39, 0.29) is 5.56 Å². The smallest absolute Gasteiger partial charge is 0.275 e. The van der Waals surface area contributed by atoms with Crippen LogP contribution < -0.4 is 10.3 Å². The molecule has 0 unspecified atom stereocenters. The molecule has 0 aliphatic rings. The Labute approximate surface area is 177 Å². The number of nitrogens with one attached hydrogen (secondary N) is 2. The standard InChI is InChI=1S/C24H23N3O2S/c1-14-9-10-19(27-30(29)23-16(3)11-15(2)12-17(23)4)18(13-14)22-24(28)26-21-8-6-5-7-20(21)25-22/h5-13,27H,1-4H3,(H,26,28)/t30-/m1/s1. The molecule has 1 heterocycles. The van der Waals surface area contributed by atoms with Gasteiger partial charge in [-0.25, -0.2) is 9.19 Å². The molecule has 0 amide bonds. The summed E-state index contributed by atoms with van der Waals surface area (Å²) in [5, 5.41) is 0. The third-order valence-electron chi connectivity index (χ3n) is 5.02. The van der Waals surface area contributed by atoms with Gasteiger partial charge < -0.3 is 9.71 Å². The molecule has 152 valence electrons. The van der Waals surface area contributed by atoms with E-state index in [1.807, 2.05) is 82.3 Å². The van der Waals surface area contributed by atoms with E-state index >= 15 is 0 Å². The lowest BCUT2D eigenvalue weighted by atomic mass is 10.1. The fourth-order valence-electron chi connectivity index (χ4n) is 3.77. The highest BCUT2D eigenvalue weighted by Crippen LogP contribution is 2.29. The van der Waals surface area contributed by atoms with Gasteiger partial charge in [-0.15, -0.1) is 0 Å². The summed E-state index contributed by atoms with van der Waals surface area (Å²) >= 11 is 0. The van der Waals surface area contributed by atoms with Crippen LogP contribution >= 0.6 is 0 Å². The molecule has 5 nitrogen and oxygen atoms in total. The highest BCUT2D eigenvalue weighted by atomic mass is 32.2. The number of hydrogen-bond donors (Lipinski definition) is 2. The molecular weight excluding hydrogens is 394 g/mol. The van der Waals surface area contributed by atoms with Crippen molar-refractivity contribution in [2.24, 2.45) is 0 Å². The molecule has 1 aromatic heterocycles. The van der Waals surface area contributed by atoms with Gasteiger partial charge in [0, 0.05) is 5.56 Å². The van der Waals surface area contributed by atoms with Crippen LogP contribution in [0.5, 0.6) is 0 Å². The molecule has 0 bridgehead atoms. The van der Waals surface area contributed by atoms with E-state index < -0.39 is 11.0 Å². The van der Waals surface area contributed by atoms with E-state index in [0.29, 0.717) is 28.0 Å². The monoisotopic (exact) mass is 417 g/mol. The first kappa shape index (κ1) is 20.0. The van der Waals surface area contributed by atoms with Crippen LogP contribution in [0.3, 0.4) is 0 Å². The molecule has 4 aromatic rings. The summed E-state index contributed by atoms with van der Waals surface area (Å²) in [5.41, 5.74) is 6.68. The Balaban J connectivity index is 1.82. The predicted octanol–water partition coefficient (Wildman–Crippen LogP) is 4.96. The Morgan fingerprint density at radius 1 is 0.900 bits per heavy atom. The zero-order chi connectivity index (χ0) is 21.4. The second-order valence-electron chi connectivity index (χ2n) is 7.58. The number of para-hydroxylation sites is 2. The van der Waals surface area contributed by atoms with Gasteiger partial charge >= 0.3 is 0 Å². The van der Waals surface area contributed by atoms with Gasteiger partial charge in [0.2, 0.25) is 0 Å². The van der Waals surface area contributed by atoms with E-state index in [2.05, 4.69) is 14.7 Å². The molecule has 0 saturated carbocycles. The summed E-state index contributed by atoms with van der Waals surface area (Å²) in [6.45, 7) is 7.89. The van der Waals surface area contributed by atoms with Crippen LogP contribution in [-0.4, -0.2) is 14.2 Å². The number of benzene rings is 3. The molecule has 0 spiro atoms. The largest absolute Gasteiger partial charge is 0.319 e. The first-order chi connectivity index (χ1) is 14.3. The molecule has 2 N–H and O–H groups in total. The maximum absolute atomic E-state index is 13.2. The number of hydrogen-bond acceptors (Lipinski definition) is 3. The van der Waals surface area contributed by atoms with Crippen LogP contribution in [0.4, 0.5) is 5.69 Å². The molecule has 6 heteroatoms. The maximum atomic E-state index is 13.2. The van der Waals surface area contributed by atoms with Gasteiger partial charge in [-0.3, -0.25) is 4.79 Å². The van der Waals surface area contributed by atoms with Crippen molar-refractivity contribution in [3.8, 4) is 11.3 Å². The minimum Gasteiger partial charge on any atom is -0.319 e. The molecule has 0 aliphatic carbocycles. The topological polar surface area (TPSA) is 74.8 Å². The Kier molecular flexibility index (Phi) is 5.26. The molecule has 1 atom stereocenters. The average molecular weight is 418 g/mol. The summed E-state index contributed by atoms with van der Waals surface area (Å²) in [6.07, 6.45) is 0. The van der Waals surface area contributed by atoms with Gasteiger partial charge in [0.1, 0.15) is 5.69 Å². The van der Waals surface area contributed by atoms with E-state index in [0.717, 1.165) is 27.1 Å². The van der Waals surface area contributed by atoms with E-state index in [1.165, 1.54) is 0 Å². The molecule has 0 aliphatic heterocycles. The lowest BCUT2D eigenvalue weighted by Gasteiger charge is -2.15. The van der Waals surface area contributed by atoms with Crippen molar-refractivity contribution in [1.29, 1.82) is 0 Å². The van der Waals surface area contributed by atoms with E-state index in [4.69, 9.17) is 0 Å². The van der Waals surface area contributed by atoms with Crippen molar-refractivity contribution in [3.05, 3.63) is 87.2 Å². The molecular formula is C24H23N3O2S. The summed E-state index contributed by atoms with van der Waals surface area (Å²) in [4.78, 5) is 21.0. The number of rotatable bonds is 4. The van der Waals surface area contributed by atoms with Gasteiger partial charge in [-0.05, 0) is 63.1 Å². The number of H-pyrrole nitrogens is 1. The van der Waals surface area contributed by atoms with Crippen molar-refractivity contribution in [1.82, 2.24) is 9.97 Å². The van der Waals surface area contributed by atoms with Crippen molar-refractivity contribution < 1.29 is 4.21 Å². The summed E-state index contributed by atoms with van der Waals surface area (Å²) in [7, 11) is -1.48. The predicted molar refractivity (Wildman–Crippen MR) is 123 cm³/mol. The van der Waals surface area contributed by atoms with Crippen molar-refractivity contribution in [2.75, 3.05) is 4.72 Å². The van der Waals surface area contributed by atoms with Crippen LogP contribution in [0.2, 0.25) is 0 Å². The fourth-order valence-corrected chi connectivity index (χ4v) is 4.95. The second-order valence-corrected chi connectivity index (χ2v) is 8.73. The SMILES string of the molecule is Cc1cc(C)c([S@@](=O)Nc2ccc(C)cc2-c2nc3ccccc3[nH]c2=O)c(C)c1. The number of aromatic nitrogens is 2. The number of fused-ring (bicyclic) bond motifs is 1. The summed E-state index contributed by atoms with van der Waals surface area (Å²) in [5.74, 6) is 0. The Morgan fingerprint density at radius 2 is 1.60 bits per heavy atom. The van der Waals surface area contributed by atoms with Crippen LogP contribution in [-0.2, 0) is 11.0 Å². The zero-order valence-electron chi connectivity index (χ0n) is 17.4. The minimum atomic E-state index is -1.48. The van der Waals surface area contributed by atoms with Gasteiger partial charge in [0.25, 0.3) is 5.56 Å². The van der Waals surface area contributed by atoms with E-state index in [1.54, 1.807) is 0 Å². The Morgan fingerprint density at radius 3 is 2.33 bits per heavy atom. The first-order valence-electron chi connectivity index (χ1n) is 9.70. The number of anilines is 1. The highest BCUT2D eigenvalue weighted by molar-refractivity contribution is 7.86. The lowest BCUT2D eigenvalue weighted by molar-refractivity contribution is 0.685. The molecule has 0 radical (unpaired) electrons. The second kappa shape index (κ2) is 7.88. The molecule has 0 saturated heterocycles. The fraction of sp³-hybridized carbons (Fsp3) is 0.167. The third kappa shape index (κ3) is 3.78. The van der Waals surface area contributed by atoms with Crippen LogP contribution in [0, 0.1) is 27.7 Å². The van der Waals surface area contributed by atoms with Gasteiger partial charge in [-0.2, -0.15) is 0 Å². The minimum absolute atomic E-state index is 0.282. The lowest BCUT2D eigenvalue weighted by Crippen LogP contribution is -2.14. The van der Waals surface area contributed by atoms with Gasteiger partial charge in [-0.1, -0.05) is 41.5 Å². The molecule has 30 heavy (non-hydrogen) atoms. The average Bonchev–Trinajstić information content (AvgIpc) is 2.68. The van der Waals surface area contributed by atoms with Crippen LogP contribution in [0.1, 0.15) is 22.3 Å². The quantitative estimate of drug-likeness (QED) is 0.493. The summed E-state index contributed by atoms with van der Waals surface area (Å²) < 4.78 is 16.3. The molecule has 0 fully saturated rings. The van der Waals surface area contributed by atoms with Crippen molar-refractivity contribution in [3.63, 3.8) is 0 Å². The number of nitrogens with zero attached hydrogens (tertiary/aromatic N) is 1. The zero-order valence-corrected chi connectivity index (χ0v) is 18.2. The van der Waals surface area contributed by atoms with Gasteiger partial charge in [0.05, 0.1) is 21.6 Å². The molecule has 4 rings (SSSR count). The highest BCUT2D eigenvalue weighted by Gasteiger charge is 2.17. The number of aryl methyl sites for hydroxylation is 4. The molecule has 3 aromatic carbocycles. The maximum Gasteiger partial charge on any atom is 0.275 e. The van der Waals surface area contributed by atoms with Gasteiger partial charge in [0.15, 0.2) is 11.0 Å². The summed E-state index contributed by atoms with van der Waals surface area (Å²) in [6, 6.07) is 17.1. The normalized spacial score (nSPS) is 12.1.